The number of nitrogens with zero attached hydrogens (tertiary/aromatic N) is 3. The lowest BCUT2D eigenvalue weighted by molar-refractivity contribution is -0.119. The first-order chi connectivity index (χ1) is 15.3. The topological polar surface area (TPSA) is 66.7 Å². The Balaban J connectivity index is 1.75. The molecular formula is C27H30N4O. The number of hydrogen-bond acceptors (Lipinski definition) is 5. The Morgan fingerprint density at radius 1 is 1.16 bits per heavy atom. The summed E-state index contributed by atoms with van der Waals surface area (Å²) in [5.41, 5.74) is 8.11. The summed E-state index contributed by atoms with van der Waals surface area (Å²) < 4.78 is 0. The van der Waals surface area contributed by atoms with Gasteiger partial charge in [0, 0.05) is 35.2 Å². The SMILES string of the molecule is CC[C@]1(c2cccc(-c3ccnc(C)c3C)c2)C2=CN=NC2NC2=C1C(=O)CC(C)(C)C2. The second-order valence-electron chi connectivity index (χ2n) is 10.1. The Bertz CT molecular complexity index is 1220. The van der Waals surface area contributed by atoms with Gasteiger partial charge in [0.05, 0.1) is 11.6 Å². The fourth-order valence-electron chi connectivity index (χ4n) is 5.80. The minimum atomic E-state index is -0.520. The third-order valence-corrected chi connectivity index (χ3v) is 7.43. The monoisotopic (exact) mass is 426 g/mol. The van der Waals surface area contributed by atoms with Gasteiger partial charge < -0.3 is 5.32 Å². The summed E-state index contributed by atoms with van der Waals surface area (Å²) in [6.45, 7) is 10.7. The highest BCUT2D eigenvalue weighted by Gasteiger charge is 2.52. The molecule has 2 atom stereocenters. The van der Waals surface area contributed by atoms with Crippen molar-refractivity contribution in [3.05, 3.63) is 76.4 Å². The number of fused-ring (bicyclic) bond motifs is 1. The normalized spacial score (nSPS) is 25.8. The van der Waals surface area contributed by atoms with Crippen molar-refractivity contribution in [1.29, 1.82) is 0 Å². The van der Waals surface area contributed by atoms with Crippen LogP contribution in [0, 0.1) is 19.3 Å². The zero-order valence-electron chi connectivity index (χ0n) is 19.5. The van der Waals surface area contributed by atoms with Crippen molar-refractivity contribution in [2.45, 2.75) is 65.5 Å². The average Bonchev–Trinajstić information content (AvgIpc) is 3.22. The van der Waals surface area contributed by atoms with Crippen molar-refractivity contribution in [2.24, 2.45) is 15.6 Å². The van der Waals surface area contributed by atoms with E-state index in [1.807, 2.05) is 19.3 Å². The van der Waals surface area contributed by atoms with Crippen LogP contribution in [0.2, 0.25) is 0 Å². The summed E-state index contributed by atoms with van der Waals surface area (Å²) in [5, 5.41) is 12.3. The van der Waals surface area contributed by atoms with Crippen LogP contribution < -0.4 is 5.32 Å². The first-order valence-electron chi connectivity index (χ1n) is 11.4. The van der Waals surface area contributed by atoms with Crippen LogP contribution in [0.4, 0.5) is 0 Å². The molecule has 1 aromatic heterocycles. The lowest BCUT2D eigenvalue weighted by Gasteiger charge is -2.47. The molecule has 164 valence electrons. The Kier molecular flexibility index (Phi) is 4.70. The molecule has 32 heavy (non-hydrogen) atoms. The third kappa shape index (κ3) is 2.98. The van der Waals surface area contributed by atoms with E-state index in [9.17, 15) is 4.79 Å². The third-order valence-electron chi connectivity index (χ3n) is 7.43. The fourth-order valence-corrected chi connectivity index (χ4v) is 5.80. The quantitative estimate of drug-likeness (QED) is 0.661. The van der Waals surface area contributed by atoms with E-state index in [2.05, 4.69) is 78.6 Å². The van der Waals surface area contributed by atoms with Gasteiger partial charge in [0.1, 0.15) is 0 Å². The smallest absolute Gasteiger partial charge is 0.164 e. The van der Waals surface area contributed by atoms with Crippen LogP contribution in [-0.4, -0.2) is 16.9 Å². The highest BCUT2D eigenvalue weighted by atomic mass is 16.1. The number of hydrogen-bond donors (Lipinski definition) is 1. The standard InChI is InChI=1S/C27H30N4O/c1-6-27(19-9-7-8-18(12-19)20-10-11-28-17(3)16(20)2)21-15-29-31-25(21)30-22-13-26(4,5)14-23(32)24(22)27/h7-12,15,25,30H,6,13-14H2,1-5H3/t25?,27-/m0/s1. The molecule has 0 saturated heterocycles. The summed E-state index contributed by atoms with van der Waals surface area (Å²) in [4.78, 5) is 18.1. The maximum atomic E-state index is 13.6. The number of carbonyl (C=O) groups excluding carboxylic acids is 1. The number of aryl methyl sites for hydroxylation is 1. The second-order valence-corrected chi connectivity index (χ2v) is 10.1. The van der Waals surface area contributed by atoms with Gasteiger partial charge in [-0.1, -0.05) is 39.0 Å². The molecule has 1 unspecified atom stereocenters. The molecular weight excluding hydrogens is 396 g/mol. The zero-order chi connectivity index (χ0) is 22.7. The van der Waals surface area contributed by atoms with Gasteiger partial charge in [-0.15, -0.1) is 0 Å². The number of pyridine rings is 1. The predicted molar refractivity (Wildman–Crippen MR) is 126 cm³/mol. The number of benzene rings is 1. The van der Waals surface area contributed by atoms with E-state index in [0.717, 1.165) is 46.5 Å². The Morgan fingerprint density at radius 2 is 1.97 bits per heavy atom. The molecule has 1 aliphatic carbocycles. The molecule has 5 rings (SSSR count). The molecule has 0 spiro atoms. The van der Waals surface area contributed by atoms with E-state index in [-0.39, 0.29) is 17.4 Å². The lowest BCUT2D eigenvalue weighted by atomic mass is 9.58. The molecule has 1 aromatic carbocycles. The van der Waals surface area contributed by atoms with Crippen molar-refractivity contribution in [2.75, 3.05) is 0 Å². The number of allylic oxidation sites excluding steroid dienone is 2. The maximum absolute atomic E-state index is 13.6. The summed E-state index contributed by atoms with van der Waals surface area (Å²) in [5.74, 6) is 0.234. The fraction of sp³-hybridized carbons (Fsp3) is 0.407. The summed E-state index contributed by atoms with van der Waals surface area (Å²) in [7, 11) is 0. The van der Waals surface area contributed by atoms with Crippen LogP contribution in [0.1, 0.15) is 56.9 Å². The number of nitrogens with one attached hydrogen (secondary N) is 1. The van der Waals surface area contributed by atoms with Gasteiger partial charge in [-0.05, 0) is 66.5 Å². The molecule has 0 fully saturated rings. The van der Waals surface area contributed by atoms with Gasteiger partial charge in [-0.25, -0.2) is 0 Å². The van der Waals surface area contributed by atoms with Crippen LogP contribution >= 0.6 is 0 Å². The maximum Gasteiger partial charge on any atom is 0.164 e. The molecule has 0 bridgehead atoms. The van der Waals surface area contributed by atoms with E-state index >= 15 is 0 Å². The number of azo groups is 1. The highest BCUT2D eigenvalue weighted by Crippen LogP contribution is 2.54. The number of ketones is 1. The molecule has 0 saturated carbocycles. The Hall–Kier alpha value is -3.08. The van der Waals surface area contributed by atoms with E-state index in [0.29, 0.717) is 6.42 Å². The van der Waals surface area contributed by atoms with E-state index < -0.39 is 5.41 Å². The van der Waals surface area contributed by atoms with E-state index in [1.54, 1.807) is 0 Å². The van der Waals surface area contributed by atoms with Crippen molar-refractivity contribution in [1.82, 2.24) is 10.3 Å². The minimum absolute atomic E-state index is 0.0626. The van der Waals surface area contributed by atoms with Gasteiger partial charge >= 0.3 is 0 Å². The zero-order valence-corrected chi connectivity index (χ0v) is 19.5. The molecule has 0 radical (unpaired) electrons. The van der Waals surface area contributed by atoms with Crippen LogP contribution in [0.15, 0.2) is 69.8 Å². The van der Waals surface area contributed by atoms with Crippen LogP contribution in [0.3, 0.4) is 0 Å². The predicted octanol–water partition coefficient (Wildman–Crippen LogP) is 5.94. The Morgan fingerprint density at radius 3 is 2.75 bits per heavy atom. The van der Waals surface area contributed by atoms with Gasteiger partial charge in [0.15, 0.2) is 11.9 Å². The van der Waals surface area contributed by atoms with Gasteiger partial charge in [0.25, 0.3) is 0 Å². The summed E-state index contributed by atoms with van der Waals surface area (Å²) >= 11 is 0. The average molecular weight is 427 g/mol. The van der Waals surface area contributed by atoms with Gasteiger partial charge in [-0.2, -0.15) is 10.2 Å². The highest BCUT2D eigenvalue weighted by molar-refractivity contribution is 6.01. The van der Waals surface area contributed by atoms with Crippen molar-refractivity contribution in [3.8, 4) is 11.1 Å². The van der Waals surface area contributed by atoms with Gasteiger partial charge in [-0.3, -0.25) is 9.78 Å². The number of rotatable bonds is 3. The first-order valence-corrected chi connectivity index (χ1v) is 11.4. The van der Waals surface area contributed by atoms with Crippen molar-refractivity contribution >= 4 is 5.78 Å². The Labute approximate surface area is 189 Å². The van der Waals surface area contributed by atoms with Crippen LogP contribution in [0.5, 0.6) is 0 Å². The van der Waals surface area contributed by atoms with Crippen LogP contribution in [-0.2, 0) is 10.2 Å². The van der Waals surface area contributed by atoms with Crippen molar-refractivity contribution < 1.29 is 4.79 Å². The molecule has 5 nitrogen and oxygen atoms in total. The van der Waals surface area contributed by atoms with Gasteiger partial charge in [0.2, 0.25) is 0 Å². The molecule has 2 aliphatic heterocycles. The van der Waals surface area contributed by atoms with Crippen molar-refractivity contribution in [3.63, 3.8) is 0 Å². The molecule has 0 amide bonds. The van der Waals surface area contributed by atoms with E-state index in [4.69, 9.17) is 0 Å². The first kappa shape index (κ1) is 20.8. The number of carbonyl (C=O) groups is 1. The second kappa shape index (κ2) is 7.22. The van der Waals surface area contributed by atoms with Crippen LogP contribution in [0.25, 0.3) is 11.1 Å². The summed E-state index contributed by atoms with van der Waals surface area (Å²) in [6.07, 6.45) is 5.72. The number of Topliss-reactive ketones (excluding diaryl/α,β-unsaturated/α-hetero) is 1. The molecule has 3 heterocycles. The summed E-state index contributed by atoms with van der Waals surface area (Å²) in [6, 6.07) is 10.7. The largest absolute Gasteiger partial charge is 0.362 e. The molecule has 1 N–H and O–H groups in total. The molecule has 3 aliphatic rings. The van der Waals surface area contributed by atoms with E-state index in [1.165, 1.54) is 11.1 Å². The minimum Gasteiger partial charge on any atom is -0.362 e. The lowest BCUT2D eigenvalue weighted by Crippen LogP contribution is -2.51. The number of aromatic nitrogens is 1. The molecule has 5 heteroatoms. The molecule has 2 aromatic rings.